The Morgan fingerprint density at radius 1 is 1.25 bits per heavy atom. The molecule has 0 spiro atoms. The van der Waals surface area contributed by atoms with Crippen LogP contribution >= 0.6 is 0 Å². The predicted molar refractivity (Wildman–Crippen MR) is 83.6 cm³/mol. The maximum Gasteiger partial charge on any atom is 0.528 e. The summed E-state index contributed by atoms with van der Waals surface area (Å²) in [5.74, 6) is 2.49. The van der Waals surface area contributed by atoms with Crippen molar-refractivity contribution < 1.29 is 30.5 Å². The van der Waals surface area contributed by atoms with Gasteiger partial charge in [-0.3, -0.25) is 0 Å². The third-order valence-electron chi connectivity index (χ3n) is 5.10. The molecule has 0 aromatic carbocycles. The Hall–Kier alpha value is -1.04. The molecule has 4 atom stereocenters. The molecule has 0 aromatic heterocycles. The van der Waals surface area contributed by atoms with Crippen molar-refractivity contribution in [2.24, 2.45) is 5.92 Å². The Morgan fingerprint density at radius 2 is 1.92 bits per heavy atom. The monoisotopic (exact) mass is 366 g/mol. The predicted octanol–water partition coefficient (Wildman–Crippen LogP) is 3.51. The summed E-state index contributed by atoms with van der Waals surface area (Å²) in [6.07, 6.45) is 13.6. The summed E-state index contributed by atoms with van der Waals surface area (Å²) in [6.45, 7) is 1.54. The molecule has 2 aliphatic rings. The highest BCUT2D eigenvalue weighted by molar-refractivity contribution is 7.87. The lowest BCUT2D eigenvalue weighted by Crippen LogP contribution is -2.67. The van der Waals surface area contributed by atoms with Gasteiger partial charge in [-0.1, -0.05) is 16.8 Å². The number of quaternary nitrogens is 1. The van der Waals surface area contributed by atoms with Gasteiger partial charge in [0.05, 0.1) is 0 Å². The number of fused-ring (bicyclic) bond motifs is 1. The standard InChI is InChI=1S/C16H23F3NO3S/c1-3-7-14-11-10-13-8-5-6-9-15(13)20(14,12-4-2)23-24(21,22)16(17,18)19/h2-3,7,13-15H,5-6,8-12H2,1H3/q+1. The van der Waals surface area contributed by atoms with Crippen molar-refractivity contribution >= 4 is 10.1 Å². The first kappa shape index (κ1) is 19.3. The van der Waals surface area contributed by atoms with Crippen molar-refractivity contribution in [1.29, 1.82) is 0 Å². The minimum Gasteiger partial charge on any atom is -0.185 e. The van der Waals surface area contributed by atoms with E-state index in [1.807, 2.05) is 0 Å². The second-order valence-corrected chi connectivity index (χ2v) is 7.99. The molecule has 0 aromatic rings. The fourth-order valence-corrected chi connectivity index (χ4v) is 4.88. The first-order chi connectivity index (χ1) is 11.2. The first-order valence-corrected chi connectivity index (χ1v) is 9.55. The summed E-state index contributed by atoms with van der Waals surface area (Å²) in [6, 6.07) is -0.829. The summed E-state index contributed by atoms with van der Waals surface area (Å²) in [4.78, 5) is 0. The molecular formula is C16H23F3NO3S+. The van der Waals surface area contributed by atoms with Crippen LogP contribution < -0.4 is 0 Å². The van der Waals surface area contributed by atoms with Gasteiger partial charge in [0.1, 0.15) is 12.1 Å². The number of alkyl halides is 3. The summed E-state index contributed by atoms with van der Waals surface area (Å²) in [7, 11) is -5.74. The maximum atomic E-state index is 12.9. The molecule has 2 rings (SSSR count). The van der Waals surface area contributed by atoms with E-state index >= 15 is 0 Å². The molecule has 136 valence electrons. The Labute approximate surface area is 141 Å². The van der Waals surface area contributed by atoms with Crippen LogP contribution in [0.15, 0.2) is 12.2 Å². The second-order valence-electron chi connectivity index (χ2n) is 6.47. The first-order valence-electron chi connectivity index (χ1n) is 8.14. The van der Waals surface area contributed by atoms with Crippen LogP contribution in [0.25, 0.3) is 0 Å². The van der Waals surface area contributed by atoms with E-state index in [1.165, 1.54) is 0 Å². The average Bonchev–Trinajstić information content (AvgIpc) is 2.49. The third-order valence-corrected chi connectivity index (χ3v) is 6.14. The van der Waals surface area contributed by atoms with Crippen LogP contribution in [0.2, 0.25) is 0 Å². The fourth-order valence-electron chi connectivity index (χ4n) is 4.15. The van der Waals surface area contributed by atoms with Crippen molar-refractivity contribution in [2.75, 3.05) is 6.54 Å². The SMILES string of the molecule is C#CC[N+]1(OS(=O)(=O)C(F)(F)F)C(C=CC)CCC2CCCCC21. The number of rotatable bonds is 4. The average molecular weight is 366 g/mol. The van der Waals surface area contributed by atoms with Crippen LogP contribution in [0.4, 0.5) is 13.2 Å². The third kappa shape index (κ3) is 3.48. The molecule has 4 unspecified atom stereocenters. The summed E-state index contributed by atoms with van der Waals surface area (Å²) >= 11 is 0. The zero-order chi connectivity index (χ0) is 18.0. The molecular weight excluding hydrogens is 343 g/mol. The molecule has 0 N–H and O–H groups in total. The summed E-state index contributed by atoms with van der Waals surface area (Å²) in [5.41, 5.74) is -5.46. The number of hydroxylamine groups is 3. The molecule has 1 aliphatic heterocycles. The van der Waals surface area contributed by atoms with Gasteiger partial charge in [0.2, 0.25) is 0 Å². The maximum absolute atomic E-state index is 12.9. The van der Waals surface area contributed by atoms with E-state index in [9.17, 15) is 21.6 Å². The normalized spacial score (nSPS) is 34.7. The van der Waals surface area contributed by atoms with Crippen molar-refractivity contribution in [3.05, 3.63) is 12.2 Å². The highest BCUT2D eigenvalue weighted by Crippen LogP contribution is 2.45. The molecule has 1 aliphatic carbocycles. The number of hydrogen-bond donors (Lipinski definition) is 0. The van der Waals surface area contributed by atoms with Gasteiger partial charge in [0, 0.05) is 18.8 Å². The number of piperidine rings is 1. The zero-order valence-corrected chi connectivity index (χ0v) is 14.4. The number of terminal acetylenes is 1. The van der Waals surface area contributed by atoms with Gasteiger partial charge in [-0.05, 0) is 38.2 Å². The van der Waals surface area contributed by atoms with E-state index in [-0.39, 0.29) is 18.5 Å². The molecule has 1 saturated heterocycles. The quantitative estimate of drug-likeness (QED) is 0.331. The van der Waals surface area contributed by atoms with Crippen LogP contribution in [0, 0.1) is 18.3 Å². The molecule has 0 radical (unpaired) electrons. The van der Waals surface area contributed by atoms with Crippen molar-refractivity contribution in [1.82, 2.24) is 0 Å². The van der Waals surface area contributed by atoms with Gasteiger partial charge in [0.25, 0.3) is 0 Å². The minimum atomic E-state index is -5.74. The zero-order valence-electron chi connectivity index (χ0n) is 13.6. The number of hydrogen-bond acceptors (Lipinski definition) is 3. The molecule has 4 nitrogen and oxygen atoms in total. The van der Waals surface area contributed by atoms with Gasteiger partial charge in [-0.15, -0.1) is 11.1 Å². The molecule has 2 fully saturated rings. The van der Waals surface area contributed by atoms with Crippen LogP contribution in [0.5, 0.6) is 0 Å². The van der Waals surface area contributed by atoms with E-state index in [0.29, 0.717) is 12.8 Å². The fraction of sp³-hybridized carbons (Fsp3) is 0.750. The van der Waals surface area contributed by atoms with Gasteiger partial charge >= 0.3 is 15.6 Å². The minimum absolute atomic E-state index is 0.136. The van der Waals surface area contributed by atoms with E-state index in [4.69, 9.17) is 10.7 Å². The van der Waals surface area contributed by atoms with Gasteiger partial charge in [-0.25, -0.2) is 0 Å². The molecule has 1 saturated carbocycles. The topological polar surface area (TPSA) is 43.4 Å². The molecule has 0 amide bonds. The number of nitrogens with zero attached hydrogens (tertiary/aromatic N) is 1. The van der Waals surface area contributed by atoms with Crippen LogP contribution in [-0.4, -0.2) is 37.2 Å². The molecule has 1 heterocycles. The number of halogens is 3. The van der Waals surface area contributed by atoms with Crippen LogP contribution in [0.3, 0.4) is 0 Å². The summed E-state index contributed by atoms with van der Waals surface area (Å²) in [5, 5.41) is 0. The van der Waals surface area contributed by atoms with Crippen molar-refractivity contribution in [3.63, 3.8) is 0 Å². The van der Waals surface area contributed by atoms with Crippen LogP contribution in [-0.2, 0) is 14.4 Å². The molecule has 8 heteroatoms. The number of likely N-dealkylation sites (tertiary alicyclic amines) is 1. The van der Waals surface area contributed by atoms with E-state index in [2.05, 4.69) is 5.92 Å². The van der Waals surface area contributed by atoms with E-state index in [0.717, 1.165) is 25.7 Å². The van der Waals surface area contributed by atoms with E-state index in [1.54, 1.807) is 19.1 Å². The Morgan fingerprint density at radius 3 is 2.50 bits per heavy atom. The molecule has 0 bridgehead atoms. The van der Waals surface area contributed by atoms with Crippen molar-refractivity contribution in [3.8, 4) is 12.3 Å². The van der Waals surface area contributed by atoms with Crippen LogP contribution in [0.1, 0.15) is 45.4 Å². The lowest BCUT2D eigenvalue weighted by Gasteiger charge is -2.51. The van der Waals surface area contributed by atoms with E-state index < -0.39 is 26.3 Å². The summed E-state index contributed by atoms with van der Waals surface area (Å²) < 4.78 is 66.6. The van der Waals surface area contributed by atoms with Gasteiger partial charge in [-0.2, -0.15) is 21.6 Å². The number of allylic oxidation sites excluding steroid dienone is 1. The lowest BCUT2D eigenvalue weighted by molar-refractivity contribution is -1.11. The smallest absolute Gasteiger partial charge is 0.185 e. The highest BCUT2D eigenvalue weighted by Gasteiger charge is 2.60. The molecule has 24 heavy (non-hydrogen) atoms. The Kier molecular flexibility index (Phi) is 5.68. The second kappa shape index (κ2) is 7.06. The Bertz CT molecular complexity index is 623. The van der Waals surface area contributed by atoms with Gasteiger partial charge in [0.15, 0.2) is 6.54 Å². The van der Waals surface area contributed by atoms with Gasteiger partial charge < -0.3 is 0 Å². The highest BCUT2D eigenvalue weighted by atomic mass is 32.2. The largest absolute Gasteiger partial charge is 0.528 e. The van der Waals surface area contributed by atoms with Crippen molar-refractivity contribution in [2.45, 2.75) is 63.0 Å². The lowest BCUT2D eigenvalue weighted by atomic mass is 9.75. The Balaban J connectivity index is 2.51.